The summed E-state index contributed by atoms with van der Waals surface area (Å²) in [6.07, 6.45) is 12.3. The average molecular weight is 541 g/mol. The number of unbranched alkanes of at least 4 members (excludes halogenated alkanes) is 3. The molecule has 0 aromatic carbocycles. The van der Waals surface area contributed by atoms with Gasteiger partial charge in [-0.05, 0) is 60.5 Å². The predicted molar refractivity (Wildman–Crippen MR) is 147 cm³/mol. The van der Waals surface area contributed by atoms with Crippen LogP contribution in [0.25, 0.3) is 0 Å². The minimum absolute atomic E-state index is 0.0519. The largest absolute Gasteiger partial charge is 0.461 e. The molecular formula is C32H44O7. The second-order valence-electron chi connectivity index (χ2n) is 12.6. The highest BCUT2D eigenvalue weighted by atomic mass is 16.6. The van der Waals surface area contributed by atoms with Crippen molar-refractivity contribution in [1.29, 1.82) is 0 Å². The average Bonchev–Trinajstić information content (AvgIpc) is 3.36. The standard InChI is InChI=1S/C32H44O7/c1-7-8-9-10-11-12-13-14-25(34)39-29-19(2)17-31-20(3)15-24-26(30(24,5)6)23(28(31)36)16-22(18-38-21(4)33)27(35)32(29,31)37/h11-14,16-17,20,23-24,26-27,29,35,37H,7-10,15,18H2,1-6H3/b12-11+,14-13+/t20-,23+,24?,26?,27-,29+,31+,32+/m1/s1. The van der Waals surface area contributed by atoms with Crippen molar-refractivity contribution in [2.24, 2.45) is 34.5 Å². The molecule has 0 saturated heterocycles. The number of fused-ring (bicyclic) bond motifs is 3. The third-order valence-electron chi connectivity index (χ3n) is 9.84. The second kappa shape index (κ2) is 10.8. The third-order valence-corrected chi connectivity index (χ3v) is 9.84. The fourth-order valence-corrected chi connectivity index (χ4v) is 7.74. The van der Waals surface area contributed by atoms with Crippen LogP contribution in [0.4, 0.5) is 0 Å². The van der Waals surface area contributed by atoms with Gasteiger partial charge in [-0.2, -0.15) is 0 Å². The summed E-state index contributed by atoms with van der Waals surface area (Å²) in [4.78, 5) is 39.1. The van der Waals surface area contributed by atoms with Crippen LogP contribution in [0.15, 0.2) is 47.6 Å². The quantitative estimate of drug-likeness (QED) is 0.144. The zero-order valence-corrected chi connectivity index (χ0v) is 24.1. The molecular weight excluding hydrogens is 496 g/mol. The molecule has 0 radical (unpaired) electrons. The zero-order chi connectivity index (χ0) is 28.8. The van der Waals surface area contributed by atoms with Gasteiger partial charge in [-0.15, -0.1) is 0 Å². The molecule has 0 amide bonds. The normalized spacial score (nSPS) is 38.4. The lowest BCUT2D eigenvalue weighted by Crippen LogP contribution is -2.65. The van der Waals surface area contributed by atoms with E-state index in [1.165, 1.54) is 13.0 Å². The van der Waals surface area contributed by atoms with Gasteiger partial charge in [0.25, 0.3) is 0 Å². The minimum Gasteiger partial charge on any atom is -0.461 e. The fraction of sp³-hybridized carbons (Fsp3) is 0.656. The summed E-state index contributed by atoms with van der Waals surface area (Å²) in [7, 11) is 0. The Bertz CT molecular complexity index is 1130. The maximum absolute atomic E-state index is 14.5. The van der Waals surface area contributed by atoms with Crippen molar-refractivity contribution in [2.45, 2.75) is 91.5 Å². The van der Waals surface area contributed by atoms with Gasteiger partial charge < -0.3 is 19.7 Å². The number of carbonyl (C=O) groups is 3. The molecule has 7 nitrogen and oxygen atoms in total. The molecule has 4 aliphatic rings. The van der Waals surface area contributed by atoms with Gasteiger partial charge in [0, 0.05) is 18.9 Å². The second-order valence-corrected chi connectivity index (χ2v) is 12.6. The predicted octanol–water partition coefficient (Wildman–Crippen LogP) is 4.63. The zero-order valence-electron chi connectivity index (χ0n) is 24.1. The van der Waals surface area contributed by atoms with Crippen LogP contribution in [0.3, 0.4) is 0 Å². The number of esters is 2. The van der Waals surface area contributed by atoms with Crippen LogP contribution in [0.5, 0.6) is 0 Å². The Labute approximate surface area is 232 Å². The molecule has 4 aliphatic carbocycles. The van der Waals surface area contributed by atoms with Crippen LogP contribution in [0, 0.1) is 34.5 Å². The first-order valence-electron chi connectivity index (χ1n) is 14.4. The first-order valence-corrected chi connectivity index (χ1v) is 14.4. The van der Waals surface area contributed by atoms with Gasteiger partial charge in [0.05, 0.1) is 5.41 Å². The molecule has 2 unspecified atom stereocenters. The third kappa shape index (κ3) is 4.76. The van der Waals surface area contributed by atoms with E-state index < -0.39 is 41.1 Å². The number of aliphatic hydroxyl groups excluding tert-OH is 1. The Morgan fingerprint density at radius 2 is 1.92 bits per heavy atom. The Hall–Kier alpha value is -2.51. The lowest BCUT2D eigenvalue weighted by atomic mass is 9.59. The molecule has 4 rings (SSSR count). The molecule has 214 valence electrons. The molecule has 2 bridgehead atoms. The van der Waals surface area contributed by atoms with Crippen molar-refractivity contribution in [3.63, 3.8) is 0 Å². The van der Waals surface area contributed by atoms with E-state index in [4.69, 9.17) is 9.47 Å². The molecule has 0 heterocycles. The van der Waals surface area contributed by atoms with Crippen LogP contribution in [0.2, 0.25) is 0 Å². The number of ketones is 1. The van der Waals surface area contributed by atoms with E-state index in [1.54, 1.807) is 31.2 Å². The Morgan fingerprint density at radius 1 is 1.21 bits per heavy atom. The lowest BCUT2D eigenvalue weighted by molar-refractivity contribution is -0.201. The van der Waals surface area contributed by atoms with Gasteiger partial charge in [0.1, 0.15) is 12.7 Å². The number of ether oxygens (including phenoxy) is 2. The fourth-order valence-electron chi connectivity index (χ4n) is 7.74. The molecule has 39 heavy (non-hydrogen) atoms. The first-order chi connectivity index (χ1) is 18.3. The van der Waals surface area contributed by atoms with Crippen molar-refractivity contribution < 1.29 is 34.1 Å². The summed E-state index contributed by atoms with van der Waals surface area (Å²) in [5.41, 5.74) is -2.87. The number of hydrogen-bond acceptors (Lipinski definition) is 7. The monoisotopic (exact) mass is 540 g/mol. The van der Waals surface area contributed by atoms with Crippen molar-refractivity contribution in [3.05, 3.63) is 47.6 Å². The molecule has 7 heteroatoms. The lowest BCUT2D eigenvalue weighted by Gasteiger charge is -2.48. The minimum atomic E-state index is -2.14. The van der Waals surface area contributed by atoms with E-state index in [1.807, 2.05) is 13.0 Å². The highest BCUT2D eigenvalue weighted by molar-refractivity contribution is 5.95. The highest BCUT2D eigenvalue weighted by Crippen LogP contribution is 2.71. The van der Waals surface area contributed by atoms with E-state index in [-0.39, 0.29) is 41.1 Å². The van der Waals surface area contributed by atoms with Crippen LogP contribution in [-0.2, 0) is 23.9 Å². The van der Waals surface area contributed by atoms with Gasteiger partial charge in [-0.25, -0.2) is 4.79 Å². The van der Waals surface area contributed by atoms with E-state index in [0.717, 1.165) is 25.7 Å². The molecule has 2 fully saturated rings. The number of aliphatic hydroxyl groups is 2. The Kier molecular flexibility index (Phi) is 8.17. The topological polar surface area (TPSA) is 110 Å². The van der Waals surface area contributed by atoms with Crippen LogP contribution in [0.1, 0.15) is 73.6 Å². The van der Waals surface area contributed by atoms with Gasteiger partial charge >= 0.3 is 11.9 Å². The van der Waals surface area contributed by atoms with E-state index in [9.17, 15) is 24.6 Å². The maximum Gasteiger partial charge on any atom is 0.331 e. The van der Waals surface area contributed by atoms with Crippen molar-refractivity contribution in [1.82, 2.24) is 0 Å². The summed E-state index contributed by atoms with van der Waals surface area (Å²) in [6, 6.07) is 0. The Morgan fingerprint density at radius 3 is 2.59 bits per heavy atom. The van der Waals surface area contributed by atoms with Crippen molar-refractivity contribution in [3.8, 4) is 0 Å². The number of Topliss-reactive ketones (excluding diaryl/α,β-unsaturated/α-hetero) is 1. The summed E-state index contributed by atoms with van der Waals surface area (Å²) in [5.74, 6) is -1.92. The Balaban J connectivity index is 1.69. The van der Waals surface area contributed by atoms with Crippen molar-refractivity contribution >= 4 is 17.7 Å². The summed E-state index contributed by atoms with van der Waals surface area (Å²) < 4.78 is 11.1. The van der Waals surface area contributed by atoms with Gasteiger partial charge in [0.2, 0.25) is 0 Å². The summed E-state index contributed by atoms with van der Waals surface area (Å²) >= 11 is 0. The highest BCUT2D eigenvalue weighted by Gasteiger charge is 2.76. The summed E-state index contributed by atoms with van der Waals surface area (Å²) in [6.45, 7) is 11.1. The molecule has 8 atom stereocenters. The summed E-state index contributed by atoms with van der Waals surface area (Å²) in [5, 5.41) is 24.3. The van der Waals surface area contributed by atoms with E-state index in [0.29, 0.717) is 12.0 Å². The number of rotatable bonds is 9. The molecule has 1 spiro atoms. The number of carbonyl (C=O) groups excluding carboxylic acids is 3. The maximum atomic E-state index is 14.5. The molecule has 2 N–H and O–H groups in total. The van der Waals surface area contributed by atoms with E-state index in [2.05, 4.69) is 20.8 Å². The SMILES string of the molecule is CCCCC/C=C/C=C/C(=O)O[C@H]1C(C)=C[C@]23C(=O)[C@@H](C=C(COC(C)=O)[C@@H](O)[C@]12O)C1C(C[C@H]3C)C1(C)C. The number of allylic oxidation sites excluding steroid dienone is 4. The molecule has 0 aromatic heterocycles. The van der Waals surface area contributed by atoms with E-state index >= 15 is 0 Å². The van der Waals surface area contributed by atoms with Crippen LogP contribution < -0.4 is 0 Å². The molecule has 2 saturated carbocycles. The van der Waals surface area contributed by atoms with Crippen molar-refractivity contribution in [2.75, 3.05) is 6.61 Å². The number of hydrogen-bond donors (Lipinski definition) is 2. The van der Waals surface area contributed by atoms with Crippen LogP contribution in [-0.4, -0.2) is 52.4 Å². The molecule has 0 aliphatic heterocycles. The smallest absolute Gasteiger partial charge is 0.331 e. The molecule has 0 aromatic rings. The van der Waals surface area contributed by atoms with Gasteiger partial charge in [-0.1, -0.05) is 70.9 Å². The van der Waals surface area contributed by atoms with Crippen LogP contribution >= 0.6 is 0 Å². The van der Waals surface area contributed by atoms with Gasteiger partial charge in [0.15, 0.2) is 17.5 Å². The first kappa shape index (κ1) is 29.5. The van der Waals surface area contributed by atoms with Gasteiger partial charge in [-0.3, -0.25) is 9.59 Å².